The molecule has 0 bridgehead atoms. The molecule has 8 heteroatoms. The molecule has 0 aliphatic heterocycles. The van der Waals surface area contributed by atoms with E-state index in [-0.39, 0.29) is 22.8 Å². The van der Waals surface area contributed by atoms with Gasteiger partial charge < -0.3 is 5.32 Å². The van der Waals surface area contributed by atoms with Crippen molar-refractivity contribution in [1.82, 2.24) is 10.2 Å². The van der Waals surface area contributed by atoms with Crippen LogP contribution in [0, 0.1) is 6.92 Å². The Hall–Kier alpha value is -1.93. The first-order chi connectivity index (χ1) is 10.5. The number of aromatic nitrogens is 2. The van der Waals surface area contributed by atoms with E-state index in [1.54, 1.807) is 12.4 Å². The third-order valence-corrected chi connectivity index (χ3v) is 4.51. The third-order valence-electron chi connectivity index (χ3n) is 2.76. The standard InChI is InChI=1S/C14H16N4O2S2/c1-9-3-5-11(6-4-9)16-12(19)7-21-10(2)13(20)17-14-18-15-8-22-14/h3-6,8,10H,7H2,1-2H3,(H,16,19)(H,17,18,20). The van der Waals surface area contributed by atoms with Crippen molar-refractivity contribution in [2.24, 2.45) is 0 Å². The normalized spacial score (nSPS) is 11.7. The molecule has 1 aromatic carbocycles. The molecule has 2 aromatic rings. The number of aryl methyl sites for hydroxylation is 1. The molecule has 2 rings (SSSR count). The number of nitrogens with one attached hydrogen (secondary N) is 2. The van der Waals surface area contributed by atoms with Crippen LogP contribution in [-0.2, 0) is 9.59 Å². The van der Waals surface area contributed by atoms with Crippen molar-refractivity contribution < 1.29 is 9.59 Å². The maximum Gasteiger partial charge on any atom is 0.239 e. The lowest BCUT2D eigenvalue weighted by Gasteiger charge is -2.10. The van der Waals surface area contributed by atoms with Gasteiger partial charge in [-0.3, -0.25) is 14.9 Å². The molecule has 22 heavy (non-hydrogen) atoms. The van der Waals surface area contributed by atoms with E-state index < -0.39 is 0 Å². The number of anilines is 2. The van der Waals surface area contributed by atoms with Gasteiger partial charge in [-0.1, -0.05) is 29.0 Å². The van der Waals surface area contributed by atoms with Gasteiger partial charge in [0.2, 0.25) is 16.9 Å². The zero-order chi connectivity index (χ0) is 15.9. The second-order valence-electron chi connectivity index (χ2n) is 4.60. The smallest absolute Gasteiger partial charge is 0.239 e. The molecule has 1 aromatic heterocycles. The van der Waals surface area contributed by atoms with E-state index in [1.165, 1.54) is 23.1 Å². The van der Waals surface area contributed by atoms with Crippen molar-refractivity contribution in [1.29, 1.82) is 0 Å². The number of thioether (sulfide) groups is 1. The van der Waals surface area contributed by atoms with Crippen molar-refractivity contribution >= 4 is 45.7 Å². The summed E-state index contributed by atoms with van der Waals surface area (Å²) in [5.41, 5.74) is 3.43. The summed E-state index contributed by atoms with van der Waals surface area (Å²) < 4.78 is 0. The quantitative estimate of drug-likeness (QED) is 0.847. The van der Waals surface area contributed by atoms with Gasteiger partial charge in [-0.2, -0.15) is 0 Å². The molecule has 0 spiro atoms. The fraction of sp³-hybridized carbons (Fsp3) is 0.286. The number of amides is 2. The minimum atomic E-state index is -0.354. The Morgan fingerprint density at radius 2 is 2.00 bits per heavy atom. The van der Waals surface area contributed by atoms with Gasteiger partial charge in [0, 0.05) is 5.69 Å². The highest BCUT2D eigenvalue weighted by Crippen LogP contribution is 2.16. The van der Waals surface area contributed by atoms with Crippen molar-refractivity contribution in [3.05, 3.63) is 35.3 Å². The summed E-state index contributed by atoms with van der Waals surface area (Å²) in [6.07, 6.45) is 0. The van der Waals surface area contributed by atoms with E-state index in [4.69, 9.17) is 0 Å². The van der Waals surface area contributed by atoms with Gasteiger partial charge >= 0.3 is 0 Å². The van der Waals surface area contributed by atoms with Crippen LogP contribution in [0.3, 0.4) is 0 Å². The number of carbonyl (C=O) groups excluding carboxylic acids is 2. The van der Waals surface area contributed by atoms with Gasteiger partial charge in [0.25, 0.3) is 0 Å². The van der Waals surface area contributed by atoms with Crippen LogP contribution < -0.4 is 10.6 Å². The highest BCUT2D eigenvalue weighted by molar-refractivity contribution is 8.01. The molecule has 1 unspecified atom stereocenters. The van der Waals surface area contributed by atoms with Gasteiger partial charge in [-0.05, 0) is 26.0 Å². The summed E-state index contributed by atoms with van der Waals surface area (Å²) in [7, 11) is 0. The van der Waals surface area contributed by atoms with Crippen molar-refractivity contribution in [3.63, 3.8) is 0 Å². The molecule has 6 nitrogen and oxygen atoms in total. The molecule has 0 saturated carbocycles. The second kappa shape index (κ2) is 7.90. The number of nitrogens with zero attached hydrogens (tertiary/aromatic N) is 2. The van der Waals surface area contributed by atoms with E-state index >= 15 is 0 Å². The Kier molecular flexibility index (Phi) is 5.91. The summed E-state index contributed by atoms with van der Waals surface area (Å²) in [6, 6.07) is 7.56. The molecule has 0 aliphatic rings. The van der Waals surface area contributed by atoms with Crippen LogP contribution in [0.25, 0.3) is 0 Å². The Labute approximate surface area is 136 Å². The SMILES string of the molecule is Cc1ccc(NC(=O)CSC(C)C(=O)Nc2nncs2)cc1. The molecule has 0 aliphatic carbocycles. The minimum absolute atomic E-state index is 0.135. The van der Waals surface area contributed by atoms with Gasteiger partial charge in [0.1, 0.15) is 5.51 Å². The van der Waals surface area contributed by atoms with Gasteiger partial charge in [0.15, 0.2) is 0 Å². The van der Waals surface area contributed by atoms with Crippen molar-refractivity contribution in [3.8, 4) is 0 Å². The lowest BCUT2D eigenvalue weighted by molar-refractivity contribution is -0.115. The Bertz CT molecular complexity index is 629. The van der Waals surface area contributed by atoms with Crippen molar-refractivity contribution in [2.75, 3.05) is 16.4 Å². The van der Waals surface area contributed by atoms with Crippen molar-refractivity contribution in [2.45, 2.75) is 19.1 Å². The minimum Gasteiger partial charge on any atom is -0.325 e. The highest BCUT2D eigenvalue weighted by atomic mass is 32.2. The molecule has 1 atom stereocenters. The number of hydrogen-bond donors (Lipinski definition) is 2. The maximum absolute atomic E-state index is 11.9. The second-order valence-corrected chi connectivity index (χ2v) is 6.76. The molecule has 0 fully saturated rings. The summed E-state index contributed by atoms with van der Waals surface area (Å²) >= 11 is 2.52. The van der Waals surface area contributed by atoms with Crippen LogP contribution in [0.15, 0.2) is 29.8 Å². The first-order valence-corrected chi connectivity index (χ1v) is 8.52. The molecular formula is C14H16N4O2S2. The molecule has 1 heterocycles. The summed E-state index contributed by atoms with van der Waals surface area (Å²) in [5.74, 6) is -0.118. The van der Waals surface area contributed by atoms with Crippen LogP contribution in [0.5, 0.6) is 0 Å². The van der Waals surface area contributed by atoms with Gasteiger partial charge in [-0.15, -0.1) is 22.0 Å². The number of carbonyl (C=O) groups is 2. The van der Waals surface area contributed by atoms with E-state index in [1.807, 2.05) is 31.2 Å². The molecule has 116 valence electrons. The van der Waals surface area contributed by atoms with Gasteiger partial charge in [0.05, 0.1) is 11.0 Å². The molecule has 2 N–H and O–H groups in total. The Morgan fingerprint density at radius 1 is 1.27 bits per heavy atom. The Morgan fingerprint density at radius 3 is 2.64 bits per heavy atom. The maximum atomic E-state index is 11.9. The average Bonchev–Trinajstić information content (AvgIpc) is 3.00. The average molecular weight is 336 g/mol. The van der Waals surface area contributed by atoms with Crippen LogP contribution in [-0.4, -0.2) is 33.0 Å². The molecule has 0 radical (unpaired) electrons. The zero-order valence-corrected chi connectivity index (χ0v) is 13.8. The predicted molar refractivity (Wildman–Crippen MR) is 90.3 cm³/mol. The van der Waals surface area contributed by atoms with E-state index in [0.717, 1.165) is 11.3 Å². The van der Waals surface area contributed by atoms with Crippen LogP contribution in [0.1, 0.15) is 12.5 Å². The Balaban J connectivity index is 1.75. The topological polar surface area (TPSA) is 84.0 Å². The largest absolute Gasteiger partial charge is 0.325 e. The zero-order valence-electron chi connectivity index (χ0n) is 12.2. The molecule has 2 amide bonds. The monoisotopic (exact) mass is 336 g/mol. The summed E-state index contributed by atoms with van der Waals surface area (Å²) in [6.45, 7) is 3.74. The van der Waals surface area contributed by atoms with E-state index in [9.17, 15) is 9.59 Å². The fourth-order valence-electron chi connectivity index (χ4n) is 1.54. The third kappa shape index (κ3) is 5.12. The molecular weight excluding hydrogens is 320 g/mol. The number of benzene rings is 1. The lowest BCUT2D eigenvalue weighted by atomic mass is 10.2. The number of hydrogen-bond acceptors (Lipinski definition) is 6. The van der Waals surface area contributed by atoms with Crippen LogP contribution in [0.4, 0.5) is 10.8 Å². The fourth-order valence-corrected chi connectivity index (χ4v) is 2.68. The summed E-state index contributed by atoms with van der Waals surface area (Å²) in [5, 5.41) is 12.9. The van der Waals surface area contributed by atoms with Crippen LogP contribution in [0.2, 0.25) is 0 Å². The first kappa shape index (κ1) is 16.4. The number of rotatable bonds is 6. The first-order valence-electron chi connectivity index (χ1n) is 6.60. The van der Waals surface area contributed by atoms with Crippen LogP contribution >= 0.6 is 23.1 Å². The van der Waals surface area contributed by atoms with Gasteiger partial charge in [-0.25, -0.2) is 0 Å². The summed E-state index contributed by atoms with van der Waals surface area (Å²) in [4.78, 5) is 23.8. The highest BCUT2D eigenvalue weighted by Gasteiger charge is 2.16. The predicted octanol–water partition coefficient (Wildman–Crippen LogP) is 2.55. The lowest BCUT2D eigenvalue weighted by Crippen LogP contribution is -2.25. The van der Waals surface area contributed by atoms with E-state index in [0.29, 0.717) is 5.13 Å². The van der Waals surface area contributed by atoms with E-state index in [2.05, 4.69) is 20.8 Å². The molecule has 0 saturated heterocycles.